The van der Waals surface area contributed by atoms with Gasteiger partial charge in [0, 0.05) is 23.5 Å². The highest BCUT2D eigenvalue weighted by molar-refractivity contribution is 6.06. The fourth-order valence-corrected chi connectivity index (χ4v) is 3.20. The second-order valence-corrected chi connectivity index (χ2v) is 7.92. The van der Waals surface area contributed by atoms with Gasteiger partial charge in [0.2, 0.25) is 0 Å². The lowest BCUT2D eigenvalue weighted by molar-refractivity contribution is 0.102. The zero-order valence-electron chi connectivity index (χ0n) is 16.3. The van der Waals surface area contributed by atoms with Gasteiger partial charge in [0.25, 0.3) is 5.91 Å². The lowest BCUT2D eigenvalue weighted by atomic mass is 9.86. The van der Waals surface area contributed by atoms with Gasteiger partial charge >= 0.3 is 0 Å². The highest BCUT2D eigenvalue weighted by Crippen LogP contribution is 2.28. The van der Waals surface area contributed by atoms with Gasteiger partial charge in [-0.15, -0.1) is 0 Å². The maximum Gasteiger partial charge on any atom is 0.255 e. The lowest BCUT2D eigenvalue weighted by Crippen LogP contribution is -2.14. The summed E-state index contributed by atoms with van der Waals surface area (Å²) < 4.78 is 1.97. The van der Waals surface area contributed by atoms with E-state index in [-0.39, 0.29) is 11.3 Å². The number of aromatic nitrogens is 2. The summed E-state index contributed by atoms with van der Waals surface area (Å²) in [6.07, 6.45) is 3.93. The highest BCUT2D eigenvalue weighted by atomic mass is 16.1. The second-order valence-electron chi connectivity index (χ2n) is 7.92. The fraction of sp³-hybridized carbons (Fsp3) is 0.167. The van der Waals surface area contributed by atoms with Gasteiger partial charge in [-0.05, 0) is 41.3 Å². The Morgan fingerprint density at radius 3 is 2.36 bits per heavy atom. The Hall–Kier alpha value is -3.40. The number of pyridine rings is 1. The largest absolute Gasteiger partial charge is 0.321 e. The Morgan fingerprint density at radius 2 is 1.64 bits per heavy atom. The predicted molar refractivity (Wildman–Crippen MR) is 114 cm³/mol. The molecule has 1 N–H and O–H groups in total. The number of anilines is 1. The molecule has 0 saturated heterocycles. The van der Waals surface area contributed by atoms with E-state index >= 15 is 0 Å². The molecule has 0 unspecified atom stereocenters. The third-order valence-corrected chi connectivity index (χ3v) is 4.83. The summed E-state index contributed by atoms with van der Waals surface area (Å²) in [5, 5.41) is 3.04. The van der Waals surface area contributed by atoms with Crippen molar-refractivity contribution in [1.82, 2.24) is 9.38 Å². The molecule has 4 nitrogen and oxygen atoms in total. The number of rotatable bonds is 3. The first-order valence-corrected chi connectivity index (χ1v) is 9.37. The molecule has 2 aromatic heterocycles. The molecule has 140 valence electrons. The topological polar surface area (TPSA) is 46.4 Å². The average molecular weight is 369 g/mol. The van der Waals surface area contributed by atoms with E-state index in [9.17, 15) is 4.79 Å². The van der Waals surface area contributed by atoms with E-state index in [0.29, 0.717) is 5.56 Å². The summed E-state index contributed by atoms with van der Waals surface area (Å²) in [6.45, 7) is 6.48. The molecule has 0 saturated carbocycles. The van der Waals surface area contributed by atoms with Crippen LogP contribution in [0.5, 0.6) is 0 Å². The van der Waals surface area contributed by atoms with Crippen molar-refractivity contribution in [2.75, 3.05) is 5.32 Å². The molecule has 0 bridgehead atoms. The van der Waals surface area contributed by atoms with Crippen molar-refractivity contribution in [3.63, 3.8) is 0 Å². The van der Waals surface area contributed by atoms with Crippen molar-refractivity contribution < 1.29 is 4.79 Å². The van der Waals surface area contributed by atoms with Gasteiger partial charge in [-0.3, -0.25) is 4.79 Å². The van der Waals surface area contributed by atoms with Crippen molar-refractivity contribution in [2.45, 2.75) is 26.2 Å². The molecule has 4 aromatic rings. The summed E-state index contributed by atoms with van der Waals surface area (Å²) in [4.78, 5) is 17.5. The first-order chi connectivity index (χ1) is 13.4. The van der Waals surface area contributed by atoms with Gasteiger partial charge < -0.3 is 9.72 Å². The van der Waals surface area contributed by atoms with E-state index in [1.54, 1.807) is 0 Å². The standard InChI is InChI=1S/C24H23N3O/c1-24(2,3)18-13-11-17(12-14-18)23(28)26-20-9-5-4-8-19(20)21-16-27-15-7-6-10-22(27)25-21/h4-16H,1-3H3,(H,26,28). The normalized spacial score (nSPS) is 11.5. The molecule has 28 heavy (non-hydrogen) atoms. The van der Waals surface area contributed by atoms with Gasteiger partial charge in [-0.1, -0.05) is 57.2 Å². The van der Waals surface area contributed by atoms with Gasteiger partial charge in [-0.25, -0.2) is 4.98 Å². The van der Waals surface area contributed by atoms with Gasteiger partial charge in [-0.2, -0.15) is 0 Å². The summed E-state index contributed by atoms with van der Waals surface area (Å²) >= 11 is 0. The monoisotopic (exact) mass is 369 g/mol. The van der Waals surface area contributed by atoms with E-state index in [0.717, 1.165) is 22.6 Å². The molecule has 0 spiro atoms. The van der Waals surface area contributed by atoms with Crippen LogP contribution < -0.4 is 5.32 Å². The van der Waals surface area contributed by atoms with Crippen molar-refractivity contribution in [2.24, 2.45) is 0 Å². The molecular weight excluding hydrogens is 346 g/mol. The van der Waals surface area contributed by atoms with Crippen molar-refractivity contribution >= 4 is 17.2 Å². The Balaban J connectivity index is 1.63. The summed E-state index contributed by atoms with van der Waals surface area (Å²) in [6, 6.07) is 21.4. The summed E-state index contributed by atoms with van der Waals surface area (Å²) in [7, 11) is 0. The molecule has 4 heteroatoms. The maximum atomic E-state index is 12.8. The molecule has 1 amide bonds. The molecule has 4 rings (SSSR count). The zero-order chi connectivity index (χ0) is 19.7. The van der Waals surface area contributed by atoms with Crippen LogP contribution in [0.15, 0.2) is 79.1 Å². The third-order valence-electron chi connectivity index (χ3n) is 4.83. The molecule has 0 fully saturated rings. The van der Waals surface area contributed by atoms with E-state index in [4.69, 9.17) is 0 Å². The number of fused-ring (bicyclic) bond motifs is 1. The molecule has 0 atom stereocenters. The van der Waals surface area contributed by atoms with Crippen molar-refractivity contribution in [3.05, 3.63) is 90.3 Å². The van der Waals surface area contributed by atoms with Crippen LogP contribution in [0, 0.1) is 0 Å². The Kier molecular flexibility index (Phi) is 4.47. The minimum atomic E-state index is -0.128. The van der Waals surface area contributed by atoms with Crippen LogP contribution in [0.2, 0.25) is 0 Å². The lowest BCUT2D eigenvalue weighted by Gasteiger charge is -2.19. The van der Waals surface area contributed by atoms with Crippen LogP contribution in [0.3, 0.4) is 0 Å². The number of nitrogens with zero attached hydrogens (tertiary/aromatic N) is 2. The van der Waals surface area contributed by atoms with Gasteiger partial charge in [0.1, 0.15) is 5.65 Å². The molecule has 2 aromatic carbocycles. The minimum absolute atomic E-state index is 0.0602. The van der Waals surface area contributed by atoms with Crippen LogP contribution >= 0.6 is 0 Å². The van der Waals surface area contributed by atoms with Crippen LogP contribution in [0.4, 0.5) is 5.69 Å². The Bertz CT molecular complexity index is 1100. The van der Waals surface area contributed by atoms with Crippen LogP contribution in [0.1, 0.15) is 36.7 Å². The van der Waals surface area contributed by atoms with Gasteiger partial charge in [0.15, 0.2) is 0 Å². The zero-order valence-corrected chi connectivity index (χ0v) is 16.3. The van der Waals surface area contributed by atoms with E-state index < -0.39 is 0 Å². The first kappa shape index (κ1) is 18.0. The van der Waals surface area contributed by atoms with Crippen molar-refractivity contribution in [1.29, 1.82) is 0 Å². The number of nitrogens with one attached hydrogen (secondary N) is 1. The number of para-hydroxylation sites is 1. The number of imidazole rings is 1. The quantitative estimate of drug-likeness (QED) is 0.514. The smallest absolute Gasteiger partial charge is 0.255 e. The number of carbonyl (C=O) groups is 1. The molecular formula is C24H23N3O. The molecule has 2 heterocycles. The van der Waals surface area contributed by atoms with E-state index in [1.807, 2.05) is 83.5 Å². The molecule has 0 aliphatic rings. The highest BCUT2D eigenvalue weighted by Gasteiger charge is 2.16. The number of carbonyl (C=O) groups excluding carboxylic acids is 1. The van der Waals surface area contributed by atoms with E-state index in [2.05, 4.69) is 31.1 Å². The number of amides is 1. The van der Waals surface area contributed by atoms with Crippen LogP contribution in [-0.4, -0.2) is 15.3 Å². The molecule has 0 aliphatic heterocycles. The summed E-state index contributed by atoms with van der Waals surface area (Å²) in [5.74, 6) is -0.128. The van der Waals surface area contributed by atoms with Gasteiger partial charge in [0.05, 0.1) is 11.4 Å². The second kappa shape index (κ2) is 6.97. The number of hydrogen-bond acceptors (Lipinski definition) is 2. The summed E-state index contributed by atoms with van der Waals surface area (Å²) in [5.41, 5.74) is 5.24. The Morgan fingerprint density at radius 1 is 0.929 bits per heavy atom. The maximum absolute atomic E-state index is 12.8. The van der Waals surface area contributed by atoms with E-state index in [1.165, 1.54) is 5.56 Å². The first-order valence-electron chi connectivity index (χ1n) is 9.37. The predicted octanol–water partition coefficient (Wildman–Crippen LogP) is 5.55. The number of hydrogen-bond donors (Lipinski definition) is 1. The minimum Gasteiger partial charge on any atom is -0.321 e. The van der Waals surface area contributed by atoms with Crippen LogP contribution in [0.25, 0.3) is 16.9 Å². The third kappa shape index (κ3) is 3.54. The fourth-order valence-electron chi connectivity index (χ4n) is 3.20. The average Bonchev–Trinajstić information content (AvgIpc) is 3.12. The molecule has 0 radical (unpaired) electrons. The van der Waals surface area contributed by atoms with Crippen molar-refractivity contribution in [3.8, 4) is 11.3 Å². The SMILES string of the molecule is CC(C)(C)c1ccc(C(=O)Nc2ccccc2-c2cn3ccccc3n2)cc1. The van der Waals surface area contributed by atoms with Crippen LogP contribution in [-0.2, 0) is 5.41 Å². The molecule has 0 aliphatic carbocycles. The number of benzene rings is 2. The Labute approximate surface area is 164 Å².